The van der Waals surface area contributed by atoms with Crippen LogP contribution in [-0.2, 0) is 77.0 Å². The average molecular weight is 1550 g/mol. The van der Waals surface area contributed by atoms with Gasteiger partial charge in [-0.2, -0.15) is 0 Å². The van der Waals surface area contributed by atoms with Gasteiger partial charge in [0.1, 0.15) is 17.1 Å². The summed E-state index contributed by atoms with van der Waals surface area (Å²) in [5.41, 5.74) is 21.4. The van der Waals surface area contributed by atoms with Gasteiger partial charge in [0.15, 0.2) is 34.5 Å². The fraction of sp³-hybridized carbons (Fsp3) is 0.289. The number of aromatic nitrogens is 10. The van der Waals surface area contributed by atoms with Crippen LogP contribution in [0.3, 0.4) is 0 Å². The SMILES string of the molecule is CCc1nccnc1C(=O)NC1Cc2ccccc2C1.CCc1nccnc1C(=O)NC1Cc2ccccc2C1.NC(=O)Nc1nccnc1C(=O)NC1Cc2ccccc2C1.O=C(CC1Cc2ccccc2C1)c1nccnc1C(=O)NC1CCCCC1.O=C(Nc1nccnc1C(=O)NC1Cc2ccccc2C1)c1ccccc1. The molecule has 26 nitrogen and oxygen atoms in total. The third-order valence-corrected chi connectivity index (χ3v) is 21.3. The molecule has 0 spiro atoms. The molecule has 5 heterocycles. The molecule has 0 unspecified atom stereocenters. The largest absolute Gasteiger partial charge is 0.351 e. The zero-order valence-electron chi connectivity index (χ0n) is 64.7. The van der Waals surface area contributed by atoms with Crippen molar-refractivity contribution in [1.29, 1.82) is 0 Å². The van der Waals surface area contributed by atoms with E-state index in [0.29, 0.717) is 36.2 Å². The number of benzene rings is 6. The third-order valence-electron chi connectivity index (χ3n) is 21.3. The summed E-state index contributed by atoms with van der Waals surface area (Å²) in [4.78, 5) is 140. The molecule has 1 fully saturated rings. The van der Waals surface area contributed by atoms with Crippen LogP contribution in [0.4, 0.5) is 16.4 Å². The number of nitrogens with two attached hydrogens (primary N) is 1. The molecule has 6 aliphatic rings. The molecule has 6 aliphatic carbocycles. The predicted molar refractivity (Wildman–Crippen MR) is 438 cm³/mol. The molecule has 0 aliphatic heterocycles. The molecule has 0 saturated heterocycles. The molecule has 8 amide bonds. The number of carbonyl (C=O) groups is 8. The Morgan fingerprint density at radius 2 is 0.586 bits per heavy atom. The number of rotatable bonds is 18. The highest BCUT2D eigenvalue weighted by molar-refractivity contribution is 6.08. The van der Waals surface area contributed by atoms with E-state index >= 15 is 0 Å². The molecule has 26 heteroatoms. The molecular formula is C90H92N18O8. The smallest absolute Gasteiger partial charge is 0.317 e. The lowest BCUT2D eigenvalue weighted by Crippen LogP contribution is -2.37. The van der Waals surface area contributed by atoms with Gasteiger partial charge in [0.05, 0.1) is 11.4 Å². The molecule has 116 heavy (non-hydrogen) atoms. The minimum Gasteiger partial charge on any atom is -0.351 e. The number of primary amides is 1. The Morgan fingerprint density at radius 3 is 0.948 bits per heavy atom. The average Bonchev–Trinajstić information content (AvgIpc) is 1.45. The molecule has 11 aromatic rings. The summed E-state index contributed by atoms with van der Waals surface area (Å²) in [6.07, 6.45) is 30.9. The number of hydrogen-bond acceptors (Lipinski definition) is 18. The van der Waals surface area contributed by atoms with Crippen molar-refractivity contribution in [1.82, 2.24) is 76.4 Å². The molecule has 9 N–H and O–H groups in total. The molecule has 590 valence electrons. The van der Waals surface area contributed by atoms with Gasteiger partial charge in [-0.15, -0.1) is 0 Å². The van der Waals surface area contributed by atoms with Gasteiger partial charge in [-0.3, -0.25) is 48.8 Å². The topological polar surface area (TPSA) is 376 Å². The number of anilines is 2. The van der Waals surface area contributed by atoms with Crippen LogP contribution in [0.2, 0.25) is 0 Å². The second kappa shape index (κ2) is 39.3. The maximum Gasteiger partial charge on any atom is 0.317 e. The number of Topliss-reactive ketones (excluding diaryl/α,β-unsaturated/α-hetero) is 1. The Bertz CT molecular complexity index is 5110. The zero-order valence-corrected chi connectivity index (χ0v) is 64.7. The Balaban J connectivity index is 0.000000127. The van der Waals surface area contributed by atoms with Crippen LogP contribution in [-0.4, -0.2) is 127 Å². The Hall–Kier alpha value is -13.5. The second-order valence-electron chi connectivity index (χ2n) is 29.3. The monoisotopic (exact) mass is 1550 g/mol. The predicted octanol–water partition coefficient (Wildman–Crippen LogP) is 10.9. The van der Waals surface area contributed by atoms with Crippen molar-refractivity contribution in [2.75, 3.05) is 10.6 Å². The van der Waals surface area contributed by atoms with Crippen LogP contribution in [0.15, 0.2) is 214 Å². The first-order chi connectivity index (χ1) is 56.6. The highest BCUT2D eigenvalue weighted by atomic mass is 16.2. The van der Waals surface area contributed by atoms with E-state index in [1.54, 1.807) is 49.1 Å². The van der Waals surface area contributed by atoms with Crippen molar-refractivity contribution >= 4 is 58.9 Å². The molecule has 0 radical (unpaired) electrons. The maximum absolute atomic E-state index is 12.9. The van der Waals surface area contributed by atoms with E-state index in [1.807, 2.05) is 80.6 Å². The Kier molecular flexibility index (Phi) is 27.3. The van der Waals surface area contributed by atoms with Crippen molar-refractivity contribution in [2.24, 2.45) is 11.7 Å². The van der Waals surface area contributed by atoms with Crippen molar-refractivity contribution in [3.63, 3.8) is 0 Å². The van der Waals surface area contributed by atoms with Crippen LogP contribution in [0.5, 0.6) is 0 Å². The Morgan fingerprint density at radius 1 is 0.302 bits per heavy atom. The van der Waals surface area contributed by atoms with E-state index in [9.17, 15) is 38.4 Å². The van der Waals surface area contributed by atoms with E-state index in [0.717, 1.165) is 101 Å². The fourth-order valence-electron chi connectivity index (χ4n) is 15.7. The van der Waals surface area contributed by atoms with E-state index in [4.69, 9.17) is 5.73 Å². The summed E-state index contributed by atoms with van der Waals surface area (Å²) in [7, 11) is 0. The number of ketones is 1. The van der Waals surface area contributed by atoms with Gasteiger partial charge in [-0.05, 0) is 164 Å². The van der Waals surface area contributed by atoms with Gasteiger partial charge < -0.3 is 37.6 Å². The number of hydrogen-bond donors (Lipinski definition) is 8. The Labute approximate surface area is 672 Å². The van der Waals surface area contributed by atoms with Crippen LogP contribution < -0.4 is 43.0 Å². The molecule has 17 rings (SSSR count). The molecule has 0 atom stereocenters. The maximum atomic E-state index is 12.9. The van der Waals surface area contributed by atoms with Crippen LogP contribution in [0, 0.1) is 5.92 Å². The summed E-state index contributed by atoms with van der Waals surface area (Å²) in [5.74, 6) is -1.17. The summed E-state index contributed by atoms with van der Waals surface area (Å²) in [6, 6.07) is 49.8. The van der Waals surface area contributed by atoms with E-state index in [2.05, 4.69) is 148 Å². The molecule has 6 aromatic carbocycles. The van der Waals surface area contributed by atoms with Crippen molar-refractivity contribution < 1.29 is 38.4 Å². The summed E-state index contributed by atoms with van der Waals surface area (Å²) in [6.45, 7) is 3.96. The highest BCUT2D eigenvalue weighted by Gasteiger charge is 2.32. The lowest BCUT2D eigenvalue weighted by Gasteiger charge is -2.22. The lowest BCUT2D eigenvalue weighted by molar-refractivity contribution is 0.0898. The number of amides is 8. The summed E-state index contributed by atoms with van der Waals surface area (Å²) >= 11 is 0. The van der Waals surface area contributed by atoms with Gasteiger partial charge >= 0.3 is 6.03 Å². The number of urea groups is 1. The van der Waals surface area contributed by atoms with Crippen LogP contribution >= 0.6 is 0 Å². The minimum atomic E-state index is -0.789. The van der Waals surface area contributed by atoms with Gasteiger partial charge in [0.25, 0.3) is 35.4 Å². The van der Waals surface area contributed by atoms with Crippen molar-refractivity contribution in [2.45, 2.75) is 160 Å². The fourth-order valence-corrected chi connectivity index (χ4v) is 15.7. The van der Waals surface area contributed by atoms with E-state index in [-0.39, 0.29) is 112 Å². The summed E-state index contributed by atoms with van der Waals surface area (Å²) < 4.78 is 0. The molecule has 1 saturated carbocycles. The molecule has 5 aromatic heterocycles. The van der Waals surface area contributed by atoms with Gasteiger partial charge in [-0.25, -0.2) is 44.7 Å². The number of aryl methyl sites for hydroxylation is 2. The van der Waals surface area contributed by atoms with E-state index < -0.39 is 6.03 Å². The third kappa shape index (κ3) is 21.2. The second-order valence-corrected chi connectivity index (χ2v) is 29.3. The zero-order chi connectivity index (χ0) is 80.7. The standard InChI is InChI=1S/C22H25N3O2.C21H18N4O2.2C16H17N3O.C15H15N5O2/c26-19(14-15-12-16-6-4-5-7-17(16)13-15)20-21(24-11-10-23-20)22(27)25-18-8-2-1-3-9-18;26-20(14-6-2-1-3-7-14)25-19-18(22-10-11-23-19)21(27)24-17-12-15-8-4-5-9-16(15)13-17;2*1-2-14-15(18-8-7-17-14)16(20)19-13-9-11-5-3-4-6-12(11)10-13;16-15(22)20-13-12(17-5-6-18-13)14(21)19-11-7-9-3-1-2-4-10(9)8-11/h4-7,10-11,15,18H,1-3,8-9,12-14H2,(H,25,27);1-11,17H,12-13H2,(H,24,27)(H,23,25,26);2*3-8,13H,2,9-10H2,1H3,(H,19,20);1-6,11H,7-8H2,(H,19,21)(H3,16,18,20,22). The van der Waals surface area contributed by atoms with Crippen molar-refractivity contribution in [3.05, 3.63) is 320 Å². The number of fused-ring (bicyclic) bond motifs is 5. The lowest BCUT2D eigenvalue weighted by atomic mass is 9.95. The van der Waals surface area contributed by atoms with Crippen LogP contribution in [0.1, 0.15) is 193 Å². The summed E-state index contributed by atoms with van der Waals surface area (Å²) in [5, 5.41) is 20.1. The van der Waals surface area contributed by atoms with E-state index in [1.165, 1.54) is 99.2 Å². The van der Waals surface area contributed by atoms with Gasteiger partial charge in [0.2, 0.25) is 0 Å². The first-order valence-corrected chi connectivity index (χ1v) is 39.5. The van der Waals surface area contributed by atoms with Gasteiger partial charge in [-0.1, -0.05) is 173 Å². The molecular weight excluding hydrogens is 1460 g/mol. The molecule has 0 bridgehead atoms. The number of carbonyl (C=O) groups excluding carboxylic acids is 8. The number of nitrogens with zero attached hydrogens (tertiary/aromatic N) is 10. The normalized spacial score (nSPS) is 14.5. The van der Waals surface area contributed by atoms with Crippen molar-refractivity contribution in [3.8, 4) is 0 Å². The minimum absolute atomic E-state index is 0.00772. The quantitative estimate of drug-likeness (QED) is 0.0370. The first kappa shape index (κ1) is 80.5. The van der Waals surface area contributed by atoms with Crippen LogP contribution in [0.25, 0.3) is 0 Å². The highest BCUT2D eigenvalue weighted by Crippen LogP contribution is 2.31. The van der Waals surface area contributed by atoms with Gasteiger partial charge in [0, 0.05) is 104 Å². The first-order valence-electron chi connectivity index (χ1n) is 39.5. The number of nitrogens with one attached hydrogen (secondary N) is 7.